The molecule has 0 aliphatic carbocycles. The topological polar surface area (TPSA) is 90.4 Å². The van der Waals surface area contributed by atoms with E-state index in [4.69, 9.17) is 5.26 Å². The van der Waals surface area contributed by atoms with Crippen LogP contribution in [0.5, 0.6) is 0 Å². The van der Waals surface area contributed by atoms with Crippen LogP contribution in [0.1, 0.15) is 24.0 Å². The van der Waals surface area contributed by atoms with E-state index >= 15 is 0 Å². The van der Waals surface area contributed by atoms with E-state index in [0.717, 1.165) is 24.7 Å². The van der Waals surface area contributed by atoms with Crippen molar-refractivity contribution in [3.05, 3.63) is 66.3 Å². The number of hydrogen-bond acceptors (Lipinski definition) is 6. The molecule has 2 atom stereocenters. The van der Waals surface area contributed by atoms with E-state index in [1.165, 1.54) is 35.4 Å². The first-order valence-corrected chi connectivity index (χ1v) is 10.3. The van der Waals surface area contributed by atoms with Gasteiger partial charge in [0, 0.05) is 43.6 Å². The van der Waals surface area contributed by atoms with Crippen LogP contribution in [0.25, 0.3) is 5.65 Å². The minimum Gasteiger partial charge on any atom is -0.347 e. The Morgan fingerprint density at radius 3 is 2.66 bits per heavy atom. The number of allylic oxidation sites excluding steroid dienone is 1. The summed E-state index contributed by atoms with van der Waals surface area (Å²) in [4.78, 5) is 24.8. The summed E-state index contributed by atoms with van der Waals surface area (Å²) in [5.41, 5.74) is 0.234. The third kappa shape index (κ3) is 3.45. The number of rotatable bonds is 4. The molecule has 2 aliphatic heterocycles. The van der Waals surface area contributed by atoms with Crippen molar-refractivity contribution in [2.75, 3.05) is 18.0 Å². The number of nitriles is 1. The number of piperazine rings is 1. The Balaban J connectivity index is 1.30. The van der Waals surface area contributed by atoms with E-state index in [0.29, 0.717) is 24.7 Å². The highest BCUT2D eigenvalue weighted by Crippen LogP contribution is 2.35. The maximum Gasteiger partial charge on any atom is 0.295 e. The Kier molecular flexibility index (Phi) is 4.81. The van der Waals surface area contributed by atoms with Crippen molar-refractivity contribution in [2.24, 2.45) is 0 Å². The number of likely N-dealkylation sites (tertiary alicyclic amines) is 1. The number of hydrogen-bond donors (Lipinski definition) is 0. The zero-order valence-corrected chi connectivity index (χ0v) is 17.0. The molecule has 1 amide bonds. The first-order valence-electron chi connectivity index (χ1n) is 10.3. The SMILES string of the molecule is N#Cc1ccc(N2C3CC[C@H]2CN(C(=O)/C=C/C(F)(F)c2cccn4ncnc24)C3)nc1. The molecule has 0 saturated carbocycles. The average molecular weight is 435 g/mol. The lowest BCUT2D eigenvalue weighted by atomic mass is 10.1. The number of carbonyl (C=O) groups excluding carboxylic acids is 1. The van der Waals surface area contributed by atoms with Gasteiger partial charge in [-0.3, -0.25) is 4.79 Å². The number of halogens is 2. The second-order valence-corrected chi connectivity index (χ2v) is 7.96. The molecule has 10 heteroatoms. The van der Waals surface area contributed by atoms with Crippen LogP contribution < -0.4 is 4.90 Å². The van der Waals surface area contributed by atoms with Crippen molar-refractivity contribution in [3.8, 4) is 6.07 Å². The molecule has 8 nitrogen and oxygen atoms in total. The molecular formula is C22H19F2N7O. The first kappa shape index (κ1) is 20.1. The molecule has 2 fully saturated rings. The summed E-state index contributed by atoms with van der Waals surface area (Å²) >= 11 is 0. The molecule has 2 bridgehead atoms. The number of aromatic nitrogens is 4. The van der Waals surface area contributed by atoms with Gasteiger partial charge in [0.2, 0.25) is 5.91 Å². The first-order chi connectivity index (χ1) is 15.5. The molecule has 2 saturated heterocycles. The number of nitrogens with zero attached hydrogens (tertiary/aromatic N) is 7. The van der Waals surface area contributed by atoms with E-state index in [2.05, 4.69) is 26.0 Å². The minimum absolute atomic E-state index is 0.0520. The van der Waals surface area contributed by atoms with Gasteiger partial charge in [-0.2, -0.15) is 19.1 Å². The van der Waals surface area contributed by atoms with Crippen LogP contribution >= 0.6 is 0 Å². The van der Waals surface area contributed by atoms with Gasteiger partial charge in [0.1, 0.15) is 18.2 Å². The van der Waals surface area contributed by atoms with Crippen molar-refractivity contribution in [3.63, 3.8) is 0 Å². The zero-order chi connectivity index (χ0) is 22.3. The Bertz CT molecular complexity index is 1220. The summed E-state index contributed by atoms with van der Waals surface area (Å²) < 4.78 is 30.9. The Morgan fingerprint density at radius 2 is 1.97 bits per heavy atom. The lowest BCUT2D eigenvalue weighted by Crippen LogP contribution is -2.55. The Labute approximate surface area is 182 Å². The predicted molar refractivity (Wildman–Crippen MR) is 111 cm³/mol. The van der Waals surface area contributed by atoms with Gasteiger partial charge >= 0.3 is 0 Å². The summed E-state index contributed by atoms with van der Waals surface area (Å²) in [7, 11) is 0. The van der Waals surface area contributed by atoms with Gasteiger partial charge in [0.25, 0.3) is 5.92 Å². The molecule has 3 aromatic heterocycles. The Hall–Kier alpha value is -3.87. The number of pyridine rings is 2. The van der Waals surface area contributed by atoms with Gasteiger partial charge < -0.3 is 9.80 Å². The van der Waals surface area contributed by atoms with Crippen LogP contribution in [0, 0.1) is 11.3 Å². The molecule has 0 aromatic carbocycles. The molecule has 2 aliphatic rings. The van der Waals surface area contributed by atoms with Crippen LogP contribution in [0.2, 0.25) is 0 Å². The van der Waals surface area contributed by atoms with Crippen molar-refractivity contribution in [1.29, 1.82) is 5.26 Å². The largest absolute Gasteiger partial charge is 0.347 e. The number of anilines is 1. The summed E-state index contributed by atoms with van der Waals surface area (Å²) in [6.07, 6.45) is 7.66. The monoisotopic (exact) mass is 435 g/mol. The Morgan fingerprint density at radius 1 is 1.19 bits per heavy atom. The van der Waals surface area contributed by atoms with E-state index in [-0.39, 0.29) is 23.3 Å². The highest BCUT2D eigenvalue weighted by Gasteiger charge is 2.42. The second kappa shape index (κ2) is 7.67. The van der Waals surface area contributed by atoms with Gasteiger partial charge in [-0.1, -0.05) is 0 Å². The second-order valence-electron chi connectivity index (χ2n) is 7.96. The minimum atomic E-state index is -3.36. The molecule has 5 heterocycles. The fraction of sp³-hybridized carbons (Fsp3) is 0.318. The summed E-state index contributed by atoms with van der Waals surface area (Å²) in [6.45, 7) is 0.874. The number of amides is 1. The molecule has 1 unspecified atom stereocenters. The predicted octanol–water partition coefficient (Wildman–Crippen LogP) is 2.52. The van der Waals surface area contributed by atoms with Crippen LogP contribution in [-0.4, -0.2) is 55.6 Å². The smallest absolute Gasteiger partial charge is 0.295 e. The van der Waals surface area contributed by atoms with Crippen molar-refractivity contribution in [1.82, 2.24) is 24.5 Å². The van der Waals surface area contributed by atoms with E-state index in [9.17, 15) is 13.6 Å². The van der Waals surface area contributed by atoms with Crippen LogP contribution in [0.3, 0.4) is 0 Å². The van der Waals surface area contributed by atoms with E-state index in [1.54, 1.807) is 11.0 Å². The third-order valence-electron chi connectivity index (χ3n) is 6.03. The van der Waals surface area contributed by atoms with Gasteiger partial charge in [-0.05, 0) is 43.2 Å². The normalized spacial score (nSPS) is 20.8. The van der Waals surface area contributed by atoms with Gasteiger partial charge in [0.05, 0.1) is 11.1 Å². The fourth-order valence-corrected chi connectivity index (χ4v) is 4.54. The maximum absolute atomic E-state index is 14.8. The summed E-state index contributed by atoms with van der Waals surface area (Å²) in [5.74, 6) is -3.03. The average Bonchev–Trinajstić information content (AvgIpc) is 3.39. The molecule has 0 N–H and O–H groups in total. The number of alkyl halides is 2. The van der Waals surface area contributed by atoms with E-state index < -0.39 is 11.8 Å². The molecule has 0 spiro atoms. The maximum atomic E-state index is 14.8. The van der Waals surface area contributed by atoms with Gasteiger partial charge in [-0.25, -0.2) is 14.5 Å². The molecule has 0 radical (unpaired) electrons. The fourth-order valence-electron chi connectivity index (χ4n) is 4.54. The third-order valence-corrected chi connectivity index (χ3v) is 6.03. The quantitative estimate of drug-likeness (QED) is 0.585. The zero-order valence-electron chi connectivity index (χ0n) is 17.0. The summed E-state index contributed by atoms with van der Waals surface area (Å²) in [6, 6.07) is 8.47. The van der Waals surface area contributed by atoms with Crippen molar-refractivity contribution >= 4 is 17.4 Å². The van der Waals surface area contributed by atoms with Gasteiger partial charge in [0.15, 0.2) is 5.65 Å². The lowest BCUT2D eigenvalue weighted by molar-refractivity contribution is -0.127. The van der Waals surface area contributed by atoms with Crippen LogP contribution in [-0.2, 0) is 10.7 Å². The molecule has 5 rings (SSSR count). The van der Waals surface area contributed by atoms with Crippen LogP contribution in [0.15, 0.2) is 55.1 Å². The van der Waals surface area contributed by atoms with Gasteiger partial charge in [-0.15, -0.1) is 0 Å². The summed E-state index contributed by atoms with van der Waals surface area (Å²) in [5, 5.41) is 12.8. The van der Waals surface area contributed by atoms with E-state index in [1.807, 2.05) is 6.07 Å². The lowest BCUT2D eigenvalue weighted by Gasteiger charge is -2.41. The number of carbonyl (C=O) groups is 1. The standard InChI is InChI=1S/C22H19F2N7O/c23-22(24,18-2-1-9-30-21(18)27-14-28-30)8-7-20(32)29-12-16-4-5-17(13-29)31(16)19-6-3-15(10-25)11-26-19/h1-3,6-9,11,14,16-17H,4-5,12-13H2/b8-7+/t16-,17?/m0/s1. The molecular weight excluding hydrogens is 416 g/mol. The van der Waals surface area contributed by atoms with Crippen LogP contribution in [0.4, 0.5) is 14.6 Å². The number of fused-ring (bicyclic) bond motifs is 3. The van der Waals surface area contributed by atoms with Crippen molar-refractivity contribution in [2.45, 2.75) is 30.8 Å². The highest BCUT2D eigenvalue weighted by atomic mass is 19.3. The molecule has 162 valence electrons. The van der Waals surface area contributed by atoms with Crippen molar-refractivity contribution < 1.29 is 13.6 Å². The highest BCUT2D eigenvalue weighted by molar-refractivity contribution is 5.88. The molecule has 3 aromatic rings. The molecule has 32 heavy (non-hydrogen) atoms.